The van der Waals surface area contributed by atoms with Crippen LogP contribution in [-0.4, -0.2) is 95.1 Å². The first-order chi connectivity index (χ1) is 16.1. The smallest absolute Gasteiger partial charge is 0.309 e. The molecule has 0 aliphatic carbocycles. The van der Waals surface area contributed by atoms with Crippen LogP contribution in [0.2, 0.25) is 0 Å². The highest BCUT2D eigenvalue weighted by atomic mass is 16.3. The Morgan fingerprint density at radius 2 is 1.43 bits per heavy atom. The Morgan fingerprint density at radius 1 is 0.857 bits per heavy atom. The van der Waals surface area contributed by atoms with E-state index in [4.69, 9.17) is 22.9 Å². The van der Waals surface area contributed by atoms with Gasteiger partial charge in [0.05, 0.1) is 19.1 Å². The molecule has 0 fully saturated rings. The van der Waals surface area contributed by atoms with Gasteiger partial charge in [0.15, 0.2) is 0 Å². The molecule has 0 bridgehead atoms. The number of carbonyl (C=O) groups excluding carboxylic acids is 8. The van der Waals surface area contributed by atoms with Crippen LogP contribution in [0.15, 0.2) is 0 Å². The lowest BCUT2D eigenvalue weighted by atomic mass is 10.1. The van der Waals surface area contributed by atoms with Gasteiger partial charge in [-0.15, -0.1) is 0 Å². The summed E-state index contributed by atoms with van der Waals surface area (Å²) >= 11 is 0. The number of hydrogen-bond donors (Lipinski definition) is 8. The predicted octanol–water partition coefficient (Wildman–Crippen LogP) is -6.61. The Morgan fingerprint density at radius 3 is 1.86 bits per heavy atom. The molecule has 0 spiro atoms. The van der Waals surface area contributed by atoms with Gasteiger partial charge in [0, 0.05) is 13.5 Å². The fraction of sp³-hybridized carbons (Fsp3) is 0.556. The number of nitrogens with zero attached hydrogens (tertiary/aromatic N) is 1. The first kappa shape index (κ1) is 30.7. The largest absolute Gasteiger partial charge is 0.391 e. The van der Waals surface area contributed by atoms with Crippen LogP contribution < -0.4 is 38.9 Å². The monoisotopic (exact) mass is 502 g/mol. The summed E-state index contributed by atoms with van der Waals surface area (Å²) in [6.07, 6.45) is -2.75. The van der Waals surface area contributed by atoms with Crippen molar-refractivity contribution in [3.05, 3.63) is 0 Å². The molecule has 0 unspecified atom stereocenters. The van der Waals surface area contributed by atoms with Crippen molar-refractivity contribution in [2.75, 3.05) is 13.6 Å². The van der Waals surface area contributed by atoms with Crippen LogP contribution in [0.1, 0.15) is 26.2 Å². The lowest BCUT2D eigenvalue weighted by Gasteiger charge is -2.30. The van der Waals surface area contributed by atoms with E-state index in [9.17, 15) is 43.5 Å². The number of nitrogens with one attached hydrogen (secondary N) is 3. The molecule has 17 heteroatoms. The summed E-state index contributed by atoms with van der Waals surface area (Å²) in [6, 6.07) is -4.51. The Hall–Kier alpha value is -4.28. The summed E-state index contributed by atoms with van der Waals surface area (Å²) in [4.78, 5) is 94.2. The number of nitrogens with two attached hydrogens (primary N) is 4. The van der Waals surface area contributed by atoms with Crippen molar-refractivity contribution in [3.8, 4) is 0 Å². The number of amides is 8. The molecule has 196 valence electrons. The van der Waals surface area contributed by atoms with Gasteiger partial charge in [0.2, 0.25) is 35.4 Å². The molecule has 35 heavy (non-hydrogen) atoms. The minimum absolute atomic E-state index is 0.308. The van der Waals surface area contributed by atoms with Gasteiger partial charge in [-0.2, -0.15) is 0 Å². The maximum absolute atomic E-state index is 12.6. The normalized spacial score (nSPS) is 13.8. The zero-order valence-corrected chi connectivity index (χ0v) is 19.1. The zero-order valence-electron chi connectivity index (χ0n) is 19.1. The molecule has 0 aromatic carbocycles. The Kier molecular flexibility index (Phi) is 12.4. The predicted molar refractivity (Wildman–Crippen MR) is 116 cm³/mol. The molecule has 0 aliphatic heterocycles. The lowest BCUT2D eigenvalue weighted by molar-refractivity contribution is -0.144. The van der Waals surface area contributed by atoms with Crippen molar-refractivity contribution < 1.29 is 43.5 Å². The molecule has 0 radical (unpaired) electrons. The fourth-order valence-corrected chi connectivity index (χ4v) is 2.75. The minimum atomic E-state index is -1.57. The lowest BCUT2D eigenvalue weighted by Crippen LogP contribution is -2.59. The van der Waals surface area contributed by atoms with Crippen LogP contribution in [0.5, 0.6) is 0 Å². The van der Waals surface area contributed by atoms with E-state index in [0.717, 1.165) is 11.9 Å². The average Bonchev–Trinajstić information content (AvgIpc) is 2.72. The standard InChI is InChI=1S/C18H30N8O9/c1-7(27)13(17(34)25-9(14(21)31)5-11(20)29)26(2)12(30)6-23-16(33)8(3-4-10(19)28)24-18(35)15(22)32/h7-9,13,27H,3-6H2,1-2H3,(H2,19,28)(H2,20,29)(H2,21,31)(H2,22,32)(H,23,33)(H,24,35)(H,25,34)/t7-,8-,9+,13+/m1/s1. The van der Waals surface area contributed by atoms with Crippen molar-refractivity contribution in [2.24, 2.45) is 22.9 Å². The van der Waals surface area contributed by atoms with Crippen LogP contribution in [0, 0.1) is 0 Å². The topological polar surface area (TPSA) is 300 Å². The third-order valence-corrected chi connectivity index (χ3v) is 4.54. The fourth-order valence-electron chi connectivity index (χ4n) is 2.75. The summed E-state index contributed by atoms with van der Waals surface area (Å²) in [5.41, 5.74) is 19.9. The van der Waals surface area contributed by atoms with Gasteiger partial charge in [-0.3, -0.25) is 38.4 Å². The van der Waals surface area contributed by atoms with Gasteiger partial charge in [-0.05, 0) is 13.3 Å². The molecule has 0 aromatic heterocycles. The first-order valence-electron chi connectivity index (χ1n) is 10.1. The van der Waals surface area contributed by atoms with Gasteiger partial charge in [0.25, 0.3) is 0 Å². The minimum Gasteiger partial charge on any atom is -0.391 e. The van der Waals surface area contributed by atoms with E-state index < -0.39 is 84.5 Å². The second-order valence-electron chi connectivity index (χ2n) is 7.44. The maximum atomic E-state index is 12.6. The molecule has 0 heterocycles. The molecular formula is C18H30N8O9. The van der Waals surface area contributed by atoms with Crippen molar-refractivity contribution in [3.63, 3.8) is 0 Å². The molecule has 0 aromatic rings. The summed E-state index contributed by atoms with van der Waals surface area (Å²) in [7, 11) is 1.11. The number of aliphatic hydroxyl groups is 1. The van der Waals surface area contributed by atoms with E-state index in [0.29, 0.717) is 0 Å². The molecule has 0 aliphatic rings. The number of hydrogen-bond acceptors (Lipinski definition) is 9. The number of rotatable bonds is 14. The van der Waals surface area contributed by atoms with Crippen LogP contribution >= 0.6 is 0 Å². The van der Waals surface area contributed by atoms with Crippen LogP contribution in [0.3, 0.4) is 0 Å². The second-order valence-corrected chi connectivity index (χ2v) is 7.44. The van der Waals surface area contributed by atoms with Crippen LogP contribution in [0.25, 0.3) is 0 Å². The Labute approximate surface area is 199 Å². The van der Waals surface area contributed by atoms with E-state index in [1.54, 1.807) is 0 Å². The third-order valence-electron chi connectivity index (χ3n) is 4.54. The third kappa shape index (κ3) is 10.9. The van der Waals surface area contributed by atoms with Gasteiger partial charge >= 0.3 is 11.8 Å². The van der Waals surface area contributed by atoms with Gasteiger partial charge < -0.3 is 48.9 Å². The van der Waals surface area contributed by atoms with Crippen LogP contribution in [-0.2, 0) is 38.4 Å². The summed E-state index contributed by atoms with van der Waals surface area (Å²) < 4.78 is 0. The van der Waals surface area contributed by atoms with E-state index in [2.05, 4.69) is 10.6 Å². The molecule has 0 saturated carbocycles. The molecule has 0 saturated heterocycles. The van der Waals surface area contributed by atoms with Gasteiger partial charge in [-0.1, -0.05) is 0 Å². The summed E-state index contributed by atoms with van der Waals surface area (Å²) in [6.45, 7) is 0.422. The Balaban J connectivity index is 5.34. The molecule has 8 amide bonds. The average molecular weight is 502 g/mol. The molecule has 17 nitrogen and oxygen atoms in total. The first-order valence-corrected chi connectivity index (χ1v) is 10.1. The SMILES string of the molecule is C[C@@H](O)[C@@H](C(=O)N[C@@H](CC(N)=O)C(N)=O)N(C)C(=O)CNC(=O)[C@@H](CCC(N)=O)NC(=O)C(N)=O. The van der Waals surface area contributed by atoms with Crippen LogP contribution in [0.4, 0.5) is 0 Å². The zero-order chi connectivity index (χ0) is 27.5. The van der Waals surface area contributed by atoms with E-state index in [-0.39, 0.29) is 12.8 Å². The van der Waals surface area contributed by atoms with Crippen molar-refractivity contribution >= 4 is 47.3 Å². The molecule has 12 N–H and O–H groups in total. The number of aliphatic hydroxyl groups excluding tert-OH is 1. The molecular weight excluding hydrogens is 472 g/mol. The van der Waals surface area contributed by atoms with Gasteiger partial charge in [-0.25, -0.2) is 0 Å². The van der Waals surface area contributed by atoms with Crippen molar-refractivity contribution in [1.29, 1.82) is 0 Å². The summed E-state index contributed by atoms with van der Waals surface area (Å²) in [5, 5.41) is 16.2. The van der Waals surface area contributed by atoms with E-state index >= 15 is 0 Å². The molecule has 0 rings (SSSR count). The summed E-state index contributed by atoms with van der Waals surface area (Å²) in [5.74, 6) is -8.45. The number of carbonyl (C=O) groups is 8. The highest BCUT2D eigenvalue weighted by Crippen LogP contribution is 2.06. The van der Waals surface area contributed by atoms with E-state index in [1.807, 2.05) is 5.32 Å². The van der Waals surface area contributed by atoms with Crippen molar-refractivity contribution in [2.45, 2.75) is 50.4 Å². The maximum Gasteiger partial charge on any atom is 0.309 e. The number of likely N-dealkylation sites (N-methyl/N-ethyl adjacent to an activating group) is 1. The highest BCUT2D eigenvalue weighted by Gasteiger charge is 2.34. The van der Waals surface area contributed by atoms with Crippen molar-refractivity contribution in [1.82, 2.24) is 20.9 Å². The van der Waals surface area contributed by atoms with E-state index in [1.165, 1.54) is 6.92 Å². The highest BCUT2D eigenvalue weighted by molar-refractivity contribution is 6.34. The number of primary amides is 4. The Bertz CT molecular complexity index is 876. The van der Waals surface area contributed by atoms with Gasteiger partial charge in [0.1, 0.15) is 18.1 Å². The molecule has 4 atom stereocenters. The second kappa shape index (κ2) is 14.1. The quantitative estimate of drug-likeness (QED) is 0.104.